The molecule has 1 amide bonds. The lowest BCUT2D eigenvalue weighted by atomic mass is 10.0. The topological polar surface area (TPSA) is 84.9 Å². The summed E-state index contributed by atoms with van der Waals surface area (Å²) in [5.74, 6) is 1.35. The van der Waals surface area contributed by atoms with Crippen molar-refractivity contribution in [3.63, 3.8) is 0 Å². The van der Waals surface area contributed by atoms with E-state index in [0.29, 0.717) is 17.9 Å². The Kier molecular flexibility index (Phi) is 8.74. The molecule has 0 fully saturated rings. The Bertz CT molecular complexity index is 974. The zero-order chi connectivity index (χ0) is 23.0. The molecule has 2 rings (SSSR count). The van der Waals surface area contributed by atoms with E-state index in [2.05, 4.69) is 5.32 Å². The number of methoxy groups -OCH3 is 2. The average molecular weight is 449 g/mol. The number of rotatable bonds is 11. The van der Waals surface area contributed by atoms with E-state index in [-0.39, 0.29) is 24.9 Å². The van der Waals surface area contributed by atoms with Gasteiger partial charge in [0.25, 0.3) is 0 Å². The van der Waals surface area contributed by atoms with Crippen LogP contribution in [0, 0.1) is 6.92 Å². The highest BCUT2D eigenvalue weighted by Crippen LogP contribution is 2.25. The van der Waals surface area contributed by atoms with Crippen molar-refractivity contribution < 1.29 is 22.7 Å². The molecular weight excluding hydrogens is 416 g/mol. The molecule has 2 aromatic carbocycles. The Morgan fingerprint density at radius 1 is 1.10 bits per heavy atom. The van der Waals surface area contributed by atoms with E-state index in [1.165, 1.54) is 4.31 Å². The molecule has 0 bridgehead atoms. The minimum absolute atomic E-state index is 0.107. The van der Waals surface area contributed by atoms with Crippen LogP contribution in [-0.2, 0) is 14.8 Å². The molecule has 1 N–H and O–H groups in total. The van der Waals surface area contributed by atoms with E-state index < -0.39 is 10.0 Å². The van der Waals surface area contributed by atoms with Crippen LogP contribution >= 0.6 is 0 Å². The van der Waals surface area contributed by atoms with Crippen molar-refractivity contribution in [1.82, 2.24) is 5.32 Å². The molecule has 0 aliphatic carbocycles. The monoisotopic (exact) mass is 448 g/mol. The third-order valence-electron chi connectivity index (χ3n) is 5.09. The van der Waals surface area contributed by atoms with Gasteiger partial charge in [0.15, 0.2) is 0 Å². The summed E-state index contributed by atoms with van der Waals surface area (Å²) in [6.07, 6.45) is 2.55. The number of benzene rings is 2. The second-order valence-corrected chi connectivity index (χ2v) is 9.30. The van der Waals surface area contributed by atoms with Gasteiger partial charge in [0.2, 0.25) is 15.9 Å². The molecular formula is C23H32N2O5S. The van der Waals surface area contributed by atoms with Crippen LogP contribution in [0.2, 0.25) is 0 Å². The molecule has 0 aromatic heterocycles. The fourth-order valence-corrected chi connectivity index (χ4v) is 4.39. The summed E-state index contributed by atoms with van der Waals surface area (Å²) in [5, 5.41) is 3.05. The van der Waals surface area contributed by atoms with Crippen LogP contribution in [0.3, 0.4) is 0 Å². The standard InChI is InChI=1S/C23H32N2O5S/c1-6-21(18-9-14-22(30-4)17(2)16-18)24-23(26)8-7-15-25(31(5,27)28)19-10-12-20(29-3)13-11-19/h9-14,16,21H,6-8,15H2,1-5H3,(H,24,26)/t21-/m1/s1. The quantitative estimate of drug-likeness (QED) is 0.565. The summed E-state index contributed by atoms with van der Waals surface area (Å²) in [6.45, 7) is 4.20. The highest BCUT2D eigenvalue weighted by Gasteiger charge is 2.19. The van der Waals surface area contributed by atoms with Gasteiger partial charge in [-0.15, -0.1) is 0 Å². The number of sulfonamides is 1. The summed E-state index contributed by atoms with van der Waals surface area (Å²) in [7, 11) is -0.283. The first-order valence-electron chi connectivity index (χ1n) is 10.2. The number of ether oxygens (including phenoxy) is 2. The molecule has 0 heterocycles. The largest absolute Gasteiger partial charge is 0.497 e. The molecule has 0 saturated heterocycles. The maximum absolute atomic E-state index is 12.5. The normalized spacial score (nSPS) is 12.2. The molecule has 0 aliphatic heterocycles. The van der Waals surface area contributed by atoms with Crippen molar-refractivity contribution >= 4 is 21.6 Å². The molecule has 31 heavy (non-hydrogen) atoms. The van der Waals surface area contributed by atoms with Crippen LogP contribution in [-0.4, -0.2) is 41.3 Å². The number of carbonyl (C=O) groups is 1. The number of anilines is 1. The fourth-order valence-electron chi connectivity index (χ4n) is 3.42. The van der Waals surface area contributed by atoms with E-state index in [1.807, 2.05) is 32.0 Å². The van der Waals surface area contributed by atoms with Gasteiger partial charge in [-0.2, -0.15) is 0 Å². The zero-order valence-corrected chi connectivity index (χ0v) is 19.7. The summed E-state index contributed by atoms with van der Waals surface area (Å²) >= 11 is 0. The number of hydrogen-bond donors (Lipinski definition) is 1. The smallest absolute Gasteiger partial charge is 0.232 e. The summed E-state index contributed by atoms with van der Waals surface area (Å²) in [4.78, 5) is 12.5. The third-order valence-corrected chi connectivity index (χ3v) is 6.28. The van der Waals surface area contributed by atoms with Crippen molar-refractivity contribution in [2.24, 2.45) is 0 Å². The number of carbonyl (C=O) groups excluding carboxylic acids is 1. The van der Waals surface area contributed by atoms with Crippen molar-refractivity contribution in [2.45, 2.75) is 39.2 Å². The molecule has 0 saturated carbocycles. The van der Waals surface area contributed by atoms with Gasteiger partial charge in [-0.1, -0.05) is 19.1 Å². The van der Waals surface area contributed by atoms with Crippen LogP contribution in [0.4, 0.5) is 5.69 Å². The minimum Gasteiger partial charge on any atom is -0.497 e. The highest BCUT2D eigenvalue weighted by atomic mass is 32.2. The molecule has 0 unspecified atom stereocenters. The summed E-state index contributed by atoms with van der Waals surface area (Å²) in [5.41, 5.74) is 2.57. The van der Waals surface area contributed by atoms with Crippen molar-refractivity contribution in [2.75, 3.05) is 31.3 Å². The predicted molar refractivity (Wildman–Crippen MR) is 123 cm³/mol. The van der Waals surface area contributed by atoms with Gasteiger partial charge >= 0.3 is 0 Å². The van der Waals surface area contributed by atoms with Crippen molar-refractivity contribution in [3.8, 4) is 11.5 Å². The fraction of sp³-hybridized carbons (Fsp3) is 0.435. The second-order valence-electron chi connectivity index (χ2n) is 7.39. The molecule has 2 aromatic rings. The molecule has 0 spiro atoms. The first kappa shape index (κ1) is 24.5. The van der Waals surface area contributed by atoms with Crippen LogP contribution < -0.4 is 19.1 Å². The highest BCUT2D eigenvalue weighted by molar-refractivity contribution is 7.92. The van der Waals surface area contributed by atoms with Gasteiger partial charge in [0.05, 0.1) is 32.2 Å². The predicted octanol–water partition coefficient (Wildman–Crippen LogP) is 3.83. The third kappa shape index (κ3) is 6.89. The molecule has 7 nitrogen and oxygen atoms in total. The SMILES string of the molecule is CC[C@@H](NC(=O)CCCN(c1ccc(OC)cc1)S(C)(=O)=O)c1ccc(OC)c(C)c1. The van der Waals surface area contributed by atoms with E-state index in [4.69, 9.17) is 9.47 Å². The van der Waals surface area contributed by atoms with Crippen LogP contribution in [0.5, 0.6) is 11.5 Å². The minimum atomic E-state index is -3.47. The molecule has 1 atom stereocenters. The first-order chi connectivity index (χ1) is 14.7. The lowest BCUT2D eigenvalue weighted by Crippen LogP contribution is -2.33. The van der Waals surface area contributed by atoms with Gasteiger partial charge < -0.3 is 14.8 Å². The van der Waals surface area contributed by atoms with E-state index in [0.717, 1.165) is 29.6 Å². The van der Waals surface area contributed by atoms with Gasteiger partial charge in [0, 0.05) is 13.0 Å². The Balaban J connectivity index is 1.98. The van der Waals surface area contributed by atoms with E-state index >= 15 is 0 Å². The maximum Gasteiger partial charge on any atom is 0.232 e. The van der Waals surface area contributed by atoms with Gasteiger partial charge in [0.1, 0.15) is 11.5 Å². The Hall–Kier alpha value is -2.74. The summed E-state index contributed by atoms with van der Waals surface area (Å²) < 4.78 is 36.2. The number of nitrogens with one attached hydrogen (secondary N) is 1. The van der Waals surface area contributed by atoms with Gasteiger partial charge in [-0.25, -0.2) is 8.42 Å². The lowest BCUT2D eigenvalue weighted by molar-refractivity contribution is -0.121. The number of nitrogens with zero attached hydrogens (tertiary/aromatic N) is 1. The molecule has 170 valence electrons. The van der Waals surface area contributed by atoms with Crippen LogP contribution in [0.15, 0.2) is 42.5 Å². The average Bonchev–Trinajstić information content (AvgIpc) is 2.74. The molecule has 8 heteroatoms. The van der Waals surface area contributed by atoms with Crippen molar-refractivity contribution in [3.05, 3.63) is 53.6 Å². The van der Waals surface area contributed by atoms with Crippen LogP contribution in [0.1, 0.15) is 43.4 Å². The first-order valence-corrected chi connectivity index (χ1v) is 12.1. The maximum atomic E-state index is 12.5. The van der Waals surface area contributed by atoms with Crippen LogP contribution in [0.25, 0.3) is 0 Å². The second kappa shape index (κ2) is 11.0. The number of hydrogen-bond acceptors (Lipinski definition) is 5. The van der Waals surface area contributed by atoms with Gasteiger partial charge in [-0.3, -0.25) is 9.10 Å². The zero-order valence-electron chi connectivity index (χ0n) is 18.8. The number of amides is 1. The molecule has 0 aliphatic rings. The number of aryl methyl sites for hydroxylation is 1. The summed E-state index contributed by atoms with van der Waals surface area (Å²) in [6, 6.07) is 12.6. The Labute approximate surface area is 185 Å². The Morgan fingerprint density at radius 3 is 2.29 bits per heavy atom. The van der Waals surface area contributed by atoms with E-state index in [1.54, 1.807) is 38.5 Å². The lowest BCUT2D eigenvalue weighted by Gasteiger charge is -2.23. The van der Waals surface area contributed by atoms with Gasteiger partial charge in [-0.05, 0) is 61.2 Å². The van der Waals surface area contributed by atoms with E-state index in [9.17, 15) is 13.2 Å². The van der Waals surface area contributed by atoms with Crippen molar-refractivity contribution in [1.29, 1.82) is 0 Å². The molecule has 0 radical (unpaired) electrons. The Morgan fingerprint density at radius 2 is 1.77 bits per heavy atom.